The molecule has 8 nitrogen and oxygen atoms in total. The van der Waals surface area contributed by atoms with Crippen LogP contribution in [0.3, 0.4) is 0 Å². The highest BCUT2D eigenvalue weighted by molar-refractivity contribution is 8.00. The highest BCUT2D eigenvalue weighted by atomic mass is 32.2. The Kier molecular flexibility index (Phi) is 6.64. The quantitative estimate of drug-likeness (QED) is 0.265. The first-order chi connectivity index (χ1) is 14.1. The number of nitrogens with one attached hydrogen (secondary N) is 1. The second-order valence-corrected chi connectivity index (χ2v) is 6.88. The van der Waals surface area contributed by atoms with Crippen LogP contribution in [0, 0.1) is 10.1 Å². The number of carbonyl (C=O) groups is 1. The molecule has 1 heterocycles. The first-order valence-corrected chi connectivity index (χ1v) is 9.56. The van der Waals surface area contributed by atoms with E-state index in [1.54, 1.807) is 25.5 Å². The Morgan fingerprint density at radius 3 is 2.59 bits per heavy atom. The first kappa shape index (κ1) is 20.2. The van der Waals surface area contributed by atoms with Crippen molar-refractivity contribution in [2.75, 3.05) is 12.9 Å². The topological polar surface area (TPSA) is 98.8 Å². The molecule has 0 aliphatic heterocycles. The Balaban J connectivity index is 1.54. The van der Waals surface area contributed by atoms with Crippen molar-refractivity contribution in [3.63, 3.8) is 0 Å². The zero-order valence-corrected chi connectivity index (χ0v) is 16.3. The van der Waals surface area contributed by atoms with E-state index in [0.29, 0.717) is 0 Å². The molecular weight excluding hydrogens is 392 g/mol. The summed E-state index contributed by atoms with van der Waals surface area (Å²) in [4.78, 5) is 22.9. The van der Waals surface area contributed by atoms with Crippen molar-refractivity contribution in [2.45, 2.75) is 4.90 Å². The van der Waals surface area contributed by atoms with Crippen LogP contribution in [0.15, 0.2) is 76.9 Å². The van der Waals surface area contributed by atoms with Gasteiger partial charge in [0.2, 0.25) is 5.91 Å². The highest BCUT2D eigenvalue weighted by Crippen LogP contribution is 2.21. The molecule has 2 aromatic carbocycles. The summed E-state index contributed by atoms with van der Waals surface area (Å²) in [6.07, 6.45) is 3.47. The van der Waals surface area contributed by atoms with Crippen molar-refractivity contribution in [1.29, 1.82) is 0 Å². The number of nitrogens with zero attached hydrogens (tertiary/aromatic N) is 3. The third-order valence-electron chi connectivity index (χ3n) is 3.93. The standard InChI is InChI=1S/C20H18N4O4S/c1-28-18-8-4-15(5-9-18)23-12-2-3-17(23)13-21-22-20(25)14-29-19-10-6-16(7-11-19)24(26)27/h2-13H,14H2,1H3,(H,22,25)/b21-13-. The number of nitro benzene ring substituents is 1. The number of benzene rings is 2. The minimum atomic E-state index is -0.461. The first-order valence-electron chi connectivity index (χ1n) is 8.58. The van der Waals surface area contributed by atoms with Crippen molar-refractivity contribution in [3.8, 4) is 11.4 Å². The summed E-state index contributed by atoms with van der Waals surface area (Å²) in [5, 5.41) is 14.7. The van der Waals surface area contributed by atoms with E-state index in [-0.39, 0.29) is 17.3 Å². The molecule has 0 fully saturated rings. The summed E-state index contributed by atoms with van der Waals surface area (Å²) in [5.41, 5.74) is 4.25. The fraction of sp³-hybridized carbons (Fsp3) is 0.100. The zero-order chi connectivity index (χ0) is 20.6. The number of thioether (sulfide) groups is 1. The molecule has 0 saturated carbocycles. The summed E-state index contributed by atoms with van der Waals surface area (Å²) in [7, 11) is 1.62. The van der Waals surface area contributed by atoms with Crippen molar-refractivity contribution < 1.29 is 14.5 Å². The van der Waals surface area contributed by atoms with Crippen LogP contribution in [0.25, 0.3) is 5.69 Å². The summed E-state index contributed by atoms with van der Waals surface area (Å²) in [6, 6.07) is 17.4. The van der Waals surface area contributed by atoms with E-state index in [4.69, 9.17) is 4.74 Å². The van der Waals surface area contributed by atoms with Crippen molar-refractivity contribution in [3.05, 3.63) is 82.7 Å². The van der Waals surface area contributed by atoms with Crippen molar-refractivity contribution >= 4 is 29.6 Å². The number of hydrogen-bond donors (Lipinski definition) is 1. The van der Waals surface area contributed by atoms with Gasteiger partial charge in [-0.25, -0.2) is 5.43 Å². The van der Waals surface area contributed by atoms with Crippen LogP contribution in [0.2, 0.25) is 0 Å². The number of aromatic nitrogens is 1. The molecule has 1 aromatic heterocycles. The molecule has 29 heavy (non-hydrogen) atoms. The third kappa shape index (κ3) is 5.45. The fourth-order valence-corrected chi connectivity index (χ4v) is 3.18. The molecule has 0 atom stereocenters. The van der Waals surface area contributed by atoms with Gasteiger partial charge in [0, 0.05) is 28.9 Å². The molecule has 0 unspecified atom stereocenters. The average molecular weight is 410 g/mol. The number of rotatable bonds is 8. The van der Waals surface area contributed by atoms with Crippen molar-refractivity contribution in [2.24, 2.45) is 5.10 Å². The summed E-state index contributed by atoms with van der Waals surface area (Å²) >= 11 is 1.27. The predicted molar refractivity (Wildman–Crippen MR) is 112 cm³/mol. The molecule has 1 N–H and O–H groups in total. The number of amides is 1. The number of non-ortho nitro benzene ring substituents is 1. The molecule has 0 aliphatic rings. The zero-order valence-electron chi connectivity index (χ0n) is 15.5. The van der Waals surface area contributed by atoms with E-state index in [1.165, 1.54) is 23.9 Å². The Morgan fingerprint density at radius 2 is 1.93 bits per heavy atom. The molecule has 3 rings (SSSR count). The SMILES string of the molecule is COc1ccc(-n2cccc2/C=N\NC(=O)CSc2ccc([N+](=O)[O-])cc2)cc1. The number of hydrogen-bond acceptors (Lipinski definition) is 6. The maximum absolute atomic E-state index is 12.0. The van der Waals surface area contributed by atoms with Gasteiger partial charge in [0.1, 0.15) is 5.75 Å². The lowest BCUT2D eigenvalue weighted by Gasteiger charge is -2.07. The second kappa shape index (κ2) is 9.56. The molecule has 0 spiro atoms. The van der Waals surface area contributed by atoms with E-state index < -0.39 is 4.92 Å². The summed E-state index contributed by atoms with van der Waals surface area (Å²) in [6.45, 7) is 0. The van der Waals surface area contributed by atoms with Gasteiger partial charge in [0.25, 0.3) is 5.69 Å². The van der Waals surface area contributed by atoms with Gasteiger partial charge in [-0.1, -0.05) is 0 Å². The normalized spacial score (nSPS) is 10.8. The molecule has 9 heteroatoms. The maximum Gasteiger partial charge on any atom is 0.269 e. The number of carbonyl (C=O) groups excluding carboxylic acids is 1. The van der Waals surface area contributed by atoms with Gasteiger partial charge in [0.15, 0.2) is 0 Å². The van der Waals surface area contributed by atoms with Gasteiger partial charge in [0.05, 0.1) is 29.7 Å². The number of ether oxygens (including phenoxy) is 1. The number of hydrazone groups is 1. The van der Waals surface area contributed by atoms with Crippen molar-refractivity contribution in [1.82, 2.24) is 9.99 Å². The van der Waals surface area contributed by atoms with Gasteiger partial charge in [-0.3, -0.25) is 14.9 Å². The molecule has 3 aromatic rings. The lowest BCUT2D eigenvalue weighted by atomic mass is 10.3. The lowest BCUT2D eigenvalue weighted by Crippen LogP contribution is -2.19. The van der Waals surface area contributed by atoms with Crippen LogP contribution in [0.1, 0.15) is 5.69 Å². The highest BCUT2D eigenvalue weighted by Gasteiger charge is 2.06. The Labute approximate surface area is 171 Å². The van der Waals surface area contributed by atoms with E-state index in [2.05, 4.69) is 10.5 Å². The van der Waals surface area contributed by atoms with Crippen LogP contribution >= 0.6 is 11.8 Å². The maximum atomic E-state index is 12.0. The number of methoxy groups -OCH3 is 1. The third-order valence-corrected chi connectivity index (χ3v) is 4.95. The minimum Gasteiger partial charge on any atom is -0.497 e. The van der Waals surface area contributed by atoms with Gasteiger partial charge >= 0.3 is 0 Å². The Hall–Kier alpha value is -3.59. The van der Waals surface area contributed by atoms with E-state index in [9.17, 15) is 14.9 Å². The van der Waals surface area contributed by atoms with Gasteiger partial charge in [-0.05, 0) is 48.5 Å². The van der Waals surface area contributed by atoms with Gasteiger partial charge in [-0.2, -0.15) is 5.10 Å². The van der Waals surface area contributed by atoms with Crippen LogP contribution in [0.5, 0.6) is 5.75 Å². The largest absolute Gasteiger partial charge is 0.497 e. The van der Waals surface area contributed by atoms with Gasteiger partial charge in [-0.15, -0.1) is 11.8 Å². The molecule has 0 bridgehead atoms. The fourth-order valence-electron chi connectivity index (χ4n) is 2.49. The second-order valence-electron chi connectivity index (χ2n) is 5.83. The molecule has 1 amide bonds. The van der Waals surface area contributed by atoms with Crippen LogP contribution < -0.4 is 10.2 Å². The van der Waals surface area contributed by atoms with E-state index >= 15 is 0 Å². The molecular formula is C20H18N4O4S. The molecule has 0 saturated heterocycles. The Morgan fingerprint density at radius 1 is 1.21 bits per heavy atom. The lowest BCUT2D eigenvalue weighted by molar-refractivity contribution is -0.384. The predicted octanol–water partition coefficient (Wildman–Crippen LogP) is 3.64. The summed E-state index contributed by atoms with van der Waals surface area (Å²) in [5.74, 6) is 0.648. The van der Waals surface area contributed by atoms with E-state index in [1.807, 2.05) is 47.2 Å². The number of nitro groups is 1. The average Bonchev–Trinajstić information content (AvgIpc) is 3.21. The molecule has 0 aliphatic carbocycles. The van der Waals surface area contributed by atoms with Crippen LogP contribution in [-0.2, 0) is 4.79 Å². The molecule has 0 radical (unpaired) electrons. The van der Waals surface area contributed by atoms with E-state index in [0.717, 1.165) is 22.0 Å². The minimum absolute atomic E-state index is 0.0169. The van der Waals surface area contributed by atoms with Crippen LogP contribution in [0.4, 0.5) is 5.69 Å². The smallest absolute Gasteiger partial charge is 0.269 e. The van der Waals surface area contributed by atoms with Gasteiger partial charge < -0.3 is 9.30 Å². The monoisotopic (exact) mass is 410 g/mol. The van der Waals surface area contributed by atoms with Crippen LogP contribution in [-0.4, -0.2) is 34.5 Å². The summed E-state index contributed by atoms with van der Waals surface area (Å²) < 4.78 is 7.10. The Bertz CT molecular complexity index is 1010. The molecule has 148 valence electrons.